The summed E-state index contributed by atoms with van der Waals surface area (Å²) >= 11 is 0. The van der Waals surface area contributed by atoms with Crippen LogP contribution in [0.5, 0.6) is 0 Å². The van der Waals surface area contributed by atoms with Gasteiger partial charge >= 0.3 is 0 Å². The number of rotatable bonds is 3. The van der Waals surface area contributed by atoms with Gasteiger partial charge in [-0.15, -0.1) is 0 Å². The molecule has 0 aromatic heterocycles. The number of amides is 1. The molecule has 1 amide bonds. The van der Waals surface area contributed by atoms with E-state index in [4.69, 9.17) is 5.73 Å². The van der Waals surface area contributed by atoms with E-state index in [1.54, 1.807) is 12.1 Å². The molecule has 0 bridgehead atoms. The van der Waals surface area contributed by atoms with Crippen LogP contribution < -0.4 is 11.1 Å². The van der Waals surface area contributed by atoms with Crippen molar-refractivity contribution in [3.05, 3.63) is 35.9 Å². The average molecular weight is 178 g/mol. The van der Waals surface area contributed by atoms with Crippen molar-refractivity contribution in [2.75, 3.05) is 6.54 Å². The summed E-state index contributed by atoms with van der Waals surface area (Å²) in [5, 5.41) is 2.73. The van der Waals surface area contributed by atoms with Crippen LogP contribution in [0.25, 0.3) is 0 Å². The molecule has 0 heterocycles. The lowest BCUT2D eigenvalue weighted by Crippen LogP contribution is -2.35. The van der Waals surface area contributed by atoms with Crippen LogP contribution in [0.15, 0.2) is 30.3 Å². The van der Waals surface area contributed by atoms with Gasteiger partial charge in [0.25, 0.3) is 5.91 Å². The first-order valence-corrected chi connectivity index (χ1v) is 4.29. The minimum absolute atomic E-state index is 0.00679. The highest BCUT2D eigenvalue weighted by molar-refractivity contribution is 5.94. The SMILES string of the molecule is C[C@@H](N)CNC(=O)c1ccccc1. The van der Waals surface area contributed by atoms with Crippen molar-refractivity contribution < 1.29 is 4.79 Å². The third-order valence-electron chi connectivity index (χ3n) is 1.62. The van der Waals surface area contributed by atoms with E-state index in [0.29, 0.717) is 12.1 Å². The minimum atomic E-state index is -0.0714. The lowest BCUT2D eigenvalue weighted by molar-refractivity contribution is 0.0951. The summed E-state index contributed by atoms with van der Waals surface area (Å²) in [6, 6.07) is 9.09. The Balaban J connectivity index is 2.50. The summed E-state index contributed by atoms with van der Waals surface area (Å²) in [6.07, 6.45) is 0. The third kappa shape index (κ3) is 3.25. The zero-order valence-corrected chi connectivity index (χ0v) is 7.66. The normalized spacial score (nSPS) is 12.2. The van der Waals surface area contributed by atoms with Gasteiger partial charge in [0.2, 0.25) is 0 Å². The van der Waals surface area contributed by atoms with Crippen molar-refractivity contribution in [2.45, 2.75) is 13.0 Å². The molecule has 1 aromatic carbocycles. The summed E-state index contributed by atoms with van der Waals surface area (Å²) in [4.78, 5) is 11.4. The molecule has 3 nitrogen and oxygen atoms in total. The number of nitrogens with two attached hydrogens (primary N) is 1. The van der Waals surface area contributed by atoms with Crippen LogP contribution in [0.2, 0.25) is 0 Å². The molecular weight excluding hydrogens is 164 g/mol. The number of benzene rings is 1. The molecule has 1 atom stereocenters. The Morgan fingerprint density at radius 2 is 2.08 bits per heavy atom. The molecule has 1 aromatic rings. The Bertz CT molecular complexity index is 270. The molecule has 70 valence electrons. The van der Waals surface area contributed by atoms with Crippen molar-refractivity contribution in [2.24, 2.45) is 5.73 Å². The van der Waals surface area contributed by atoms with Crippen molar-refractivity contribution in [3.8, 4) is 0 Å². The topological polar surface area (TPSA) is 55.1 Å². The van der Waals surface area contributed by atoms with Gasteiger partial charge in [-0.2, -0.15) is 0 Å². The van der Waals surface area contributed by atoms with E-state index in [2.05, 4.69) is 5.32 Å². The van der Waals surface area contributed by atoms with Crippen LogP contribution in [-0.2, 0) is 0 Å². The number of hydrogen-bond acceptors (Lipinski definition) is 2. The Morgan fingerprint density at radius 3 is 2.62 bits per heavy atom. The van der Waals surface area contributed by atoms with E-state index in [1.807, 2.05) is 25.1 Å². The van der Waals surface area contributed by atoms with Crippen LogP contribution >= 0.6 is 0 Å². The highest BCUT2D eigenvalue weighted by atomic mass is 16.1. The van der Waals surface area contributed by atoms with E-state index in [9.17, 15) is 4.79 Å². The molecule has 0 saturated carbocycles. The van der Waals surface area contributed by atoms with Crippen molar-refractivity contribution in [1.82, 2.24) is 5.32 Å². The number of hydrogen-bond donors (Lipinski definition) is 2. The summed E-state index contributed by atoms with van der Waals surface area (Å²) in [6.45, 7) is 2.36. The zero-order valence-electron chi connectivity index (χ0n) is 7.66. The van der Waals surface area contributed by atoms with Crippen LogP contribution in [-0.4, -0.2) is 18.5 Å². The largest absolute Gasteiger partial charge is 0.350 e. The van der Waals surface area contributed by atoms with Gasteiger partial charge in [-0.25, -0.2) is 0 Å². The summed E-state index contributed by atoms with van der Waals surface area (Å²) in [5.74, 6) is -0.0714. The highest BCUT2D eigenvalue weighted by Crippen LogP contribution is 1.97. The van der Waals surface area contributed by atoms with Gasteiger partial charge in [0.1, 0.15) is 0 Å². The van der Waals surface area contributed by atoms with Gasteiger partial charge in [-0.1, -0.05) is 18.2 Å². The zero-order chi connectivity index (χ0) is 9.68. The molecule has 0 saturated heterocycles. The van der Waals surface area contributed by atoms with E-state index < -0.39 is 0 Å². The van der Waals surface area contributed by atoms with Gasteiger partial charge < -0.3 is 11.1 Å². The number of nitrogens with one attached hydrogen (secondary N) is 1. The quantitative estimate of drug-likeness (QED) is 0.718. The van der Waals surface area contributed by atoms with Gasteiger partial charge in [0, 0.05) is 18.2 Å². The Hall–Kier alpha value is -1.35. The van der Waals surface area contributed by atoms with Crippen LogP contribution in [0.4, 0.5) is 0 Å². The average Bonchev–Trinajstić information content (AvgIpc) is 2.15. The first-order valence-electron chi connectivity index (χ1n) is 4.29. The molecule has 0 aliphatic rings. The molecule has 0 aliphatic heterocycles. The first kappa shape index (κ1) is 9.74. The predicted molar refractivity (Wildman–Crippen MR) is 52.4 cm³/mol. The monoisotopic (exact) mass is 178 g/mol. The first-order chi connectivity index (χ1) is 6.20. The number of carbonyl (C=O) groups excluding carboxylic acids is 1. The van der Waals surface area contributed by atoms with Crippen LogP contribution in [0.3, 0.4) is 0 Å². The van der Waals surface area contributed by atoms with Gasteiger partial charge in [-0.05, 0) is 19.1 Å². The van der Waals surface area contributed by atoms with Gasteiger partial charge in [0.15, 0.2) is 0 Å². The lowest BCUT2D eigenvalue weighted by atomic mass is 10.2. The van der Waals surface area contributed by atoms with Crippen molar-refractivity contribution in [3.63, 3.8) is 0 Å². The maximum atomic E-state index is 11.4. The molecule has 0 spiro atoms. The molecule has 3 heteroatoms. The molecule has 0 unspecified atom stereocenters. The predicted octanol–water partition coefficient (Wildman–Crippen LogP) is 0.764. The van der Waals surface area contributed by atoms with Crippen LogP contribution in [0, 0.1) is 0 Å². The van der Waals surface area contributed by atoms with E-state index in [1.165, 1.54) is 0 Å². The maximum absolute atomic E-state index is 11.4. The Labute approximate surface area is 77.9 Å². The fourth-order valence-electron chi connectivity index (χ4n) is 0.945. The third-order valence-corrected chi connectivity index (χ3v) is 1.62. The minimum Gasteiger partial charge on any atom is -0.350 e. The van der Waals surface area contributed by atoms with Gasteiger partial charge in [-0.3, -0.25) is 4.79 Å². The molecule has 3 N–H and O–H groups in total. The standard InChI is InChI=1S/C10H14N2O/c1-8(11)7-12-10(13)9-5-3-2-4-6-9/h2-6,8H,7,11H2,1H3,(H,12,13)/t8-/m1/s1. The molecule has 1 rings (SSSR count). The summed E-state index contributed by atoms with van der Waals surface area (Å²) in [5.41, 5.74) is 6.17. The molecule has 0 aliphatic carbocycles. The number of carbonyl (C=O) groups is 1. The van der Waals surface area contributed by atoms with Crippen molar-refractivity contribution >= 4 is 5.91 Å². The molecule has 0 radical (unpaired) electrons. The lowest BCUT2D eigenvalue weighted by Gasteiger charge is -2.06. The fraction of sp³-hybridized carbons (Fsp3) is 0.300. The maximum Gasteiger partial charge on any atom is 0.251 e. The second-order valence-electron chi connectivity index (χ2n) is 3.05. The van der Waals surface area contributed by atoms with E-state index in [0.717, 1.165) is 0 Å². The van der Waals surface area contributed by atoms with E-state index in [-0.39, 0.29) is 11.9 Å². The van der Waals surface area contributed by atoms with Gasteiger partial charge in [0.05, 0.1) is 0 Å². The van der Waals surface area contributed by atoms with E-state index >= 15 is 0 Å². The fourth-order valence-corrected chi connectivity index (χ4v) is 0.945. The Kier molecular flexibility index (Phi) is 3.46. The van der Waals surface area contributed by atoms with Crippen LogP contribution in [0.1, 0.15) is 17.3 Å². The Morgan fingerprint density at radius 1 is 1.46 bits per heavy atom. The molecule has 0 fully saturated rings. The summed E-state index contributed by atoms with van der Waals surface area (Å²) < 4.78 is 0. The summed E-state index contributed by atoms with van der Waals surface area (Å²) in [7, 11) is 0. The molecule has 13 heavy (non-hydrogen) atoms. The van der Waals surface area contributed by atoms with Crippen molar-refractivity contribution in [1.29, 1.82) is 0 Å². The second-order valence-corrected chi connectivity index (χ2v) is 3.05. The highest BCUT2D eigenvalue weighted by Gasteiger charge is 2.03. The second kappa shape index (κ2) is 4.62. The molecular formula is C10H14N2O. The smallest absolute Gasteiger partial charge is 0.251 e.